The lowest BCUT2D eigenvalue weighted by Gasteiger charge is -2.09. The minimum absolute atomic E-state index is 0.115. The largest absolute Gasteiger partial charge is 0.496 e. The van der Waals surface area contributed by atoms with Crippen molar-refractivity contribution < 1.29 is 9.53 Å². The van der Waals surface area contributed by atoms with Gasteiger partial charge in [-0.3, -0.25) is 4.79 Å². The lowest BCUT2D eigenvalue weighted by molar-refractivity contribution is -0.116. The fraction of sp³-hybridized carbons (Fsp3) is 0.214. The number of carbonyl (C=O) groups is 1. The Bertz CT molecular complexity index is 576. The Hall–Kier alpha value is -1.54. The van der Waals surface area contributed by atoms with Crippen LogP contribution in [-0.4, -0.2) is 12.9 Å². The van der Waals surface area contributed by atoms with Crippen molar-refractivity contribution >= 4 is 28.2 Å². The van der Waals surface area contributed by atoms with Crippen LogP contribution in [0.5, 0.6) is 5.75 Å². The summed E-state index contributed by atoms with van der Waals surface area (Å²) in [4.78, 5) is 11.2. The molecule has 88 valence electrons. The van der Waals surface area contributed by atoms with E-state index in [4.69, 9.17) is 16.3 Å². The number of benzene rings is 2. The van der Waals surface area contributed by atoms with E-state index < -0.39 is 0 Å². The zero-order chi connectivity index (χ0) is 12.4. The van der Waals surface area contributed by atoms with E-state index in [1.807, 2.05) is 30.3 Å². The monoisotopic (exact) mass is 248 g/mol. The third-order valence-electron chi connectivity index (χ3n) is 2.64. The zero-order valence-corrected chi connectivity index (χ0v) is 10.5. The molecule has 0 aliphatic rings. The van der Waals surface area contributed by atoms with Gasteiger partial charge in [0.25, 0.3) is 0 Å². The first-order valence-corrected chi connectivity index (χ1v) is 5.73. The van der Waals surface area contributed by atoms with Gasteiger partial charge in [0.2, 0.25) is 0 Å². The summed E-state index contributed by atoms with van der Waals surface area (Å²) in [6, 6.07) is 9.57. The molecule has 0 fully saturated rings. The number of methoxy groups -OCH3 is 1. The zero-order valence-electron chi connectivity index (χ0n) is 9.79. The van der Waals surface area contributed by atoms with E-state index in [-0.39, 0.29) is 5.78 Å². The van der Waals surface area contributed by atoms with Crippen molar-refractivity contribution in [2.75, 3.05) is 7.11 Å². The second-order valence-electron chi connectivity index (χ2n) is 4.03. The van der Waals surface area contributed by atoms with Crippen molar-refractivity contribution in [2.45, 2.75) is 13.3 Å². The molecule has 0 spiro atoms. The van der Waals surface area contributed by atoms with Crippen molar-refractivity contribution in [3.63, 3.8) is 0 Å². The van der Waals surface area contributed by atoms with Crippen molar-refractivity contribution in [3.8, 4) is 5.75 Å². The Morgan fingerprint density at radius 3 is 2.65 bits per heavy atom. The summed E-state index contributed by atoms with van der Waals surface area (Å²) in [5.41, 5.74) is 0.898. The fourth-order valence-corrected chi connectivity index (χ4v) is 2.07. The third kappa shape index (κ3) is 2.59. The van der Waals surface area contributed by atoms with Crippen LogP contribution in [0.2, 0.25) is 5.02 Å². The quantitative estimate of drug-likeness (QED) is 0.829. The van der Waals surface area contributed by atoms with E-state index >= 15 is 0 Å². The molecule has 0 aliphatic heterocycles. The van der Waals surface area contributed by atoms with Gasteiger partial charge in [0.05, 0.1) is 7.11 Å². The van der Waals surface area contributed by atoms with Crippen LogP contribution in [-0.2, 0) is 11.2 Å². The second-order valence-corrected chi connectivity index (χ2v) is 4.47. The molecule has 0 amide bonds. The highest BCUT2D eigenvalue weighted by Crippen LogP contribution is 2.28. The number of carbonyl (C=O) groups excluding carboxylic acids is 1. The molecule has 0 radical (unpaired) electrons. The van der Waals surface area contributed by atoms with Gasteiger partial charge >= 0.3 is 0 Å². The molecular formula is C14H13ClO2. The van der Waals surface area contributed by atoms with Crippen molar-refractivity contribution in [1.82, 2.24) is 0 Å². The fourth-order valence-electron chi connectivity index (χ4n) is 1.89. The smallest absolute Gasteiger partial charge is 0.134 e. The van der Waals surface area contributed by atoms with Crippen LogP contribution < -0.4 is 4.74 Å². The lowest BCUT2D eigenvalue weighted by atomic mass is 10.0. The summed E-state index contributed by atoms with van der Waals surface area (Å²) in [6.07, 6.45) is 0.381. The standard InChI is InChI=1S/C14H13ClO2/c1-9(16)5-12-6-11-7-13(15)4-3-10(11)8-14(12)17-2/h3-4,6-8H,5H2,1-2H3. The number of Topliss-reactive ketones (excluding diaryl/α,β-unsaturated/α-hetero) is 1. The van der Waals surface area contributed by atoms with Crippen molar-refractivity contribution in [1.29, 1.82) is 0 Å². The topological polar surface area (TPSA) is 26.3 Å². The molecule has 0 bridgehead atoms. The molecule has 17 heavy (non-hydrogen) atoms. The van der Waals surface area contributed by atoms with Gasteiger partial charge in [-0.1, -0.05) is 17.7 Å². The summed E-state index contributed by atoms with van der Waals surface area (Å²) >= 11 is 5.95. The van der Waals surface area contributed by atoms with E-state index in [9.17, 15) is 4.79 Å². The van der Waals surface area contributed by atoms with Crippen LogP contribution in [0.15, 0.2) is 30.3 Å². The Morgan fingerprint density at radius 1 is 1.24 bits per heavy atom. The molecule has 0 aliphatic carbocycles. The predicted molar refractivity (Wildman–Crippen MR) is 69.9 cm³/mol. The molecule has 0 aromatic heterocycles. The summed E-state index contributed by atoms with van der Waals surface area (Å²) in [5, 5.41) is 2.77. The molecule has 0 saturated heterocycles. The van der Waals surface area contributed by atoms with Gasteiger partial charge in [-0.15, -0.1) is 0 Å². The molecule has 2 nitrogen and oxygen atoms in total. The number of ketones is 1. The molecule has 2 rings (SSSR count). The van der Waals surface area contributed by atoms with E-state index in [1.54, 1.807) is 14.0 Å². The number of hydrogen-bond acceptors (Lipinski definition) is 2. The number of halogens is 1. The highest BCUT2D eigenvalue weighted by Gasteiger charge is 2.08. The van der Waals surface area contributed by atoms with Gasteiger partial charge in [0.15, 0.2) is 0 Å². The first-order chi connectivity index (χ1) is 8.10. The Kier molecular flexibility index (Phi) is 3.34. The Labute approximate surface area is 105 Å². The van der Waals surface area contributed by atoms with Crippen LogP contribution >= 0.6 is 11.6 Å². The molecular weight excluding hydrogens is 236 g/mol. The van der Waals surface area contributed by atoms with Crippen LogP contribution in [0.25, 0.3) is 10.8 Å². The maximum Gasteiger partial charge on any atom is 0.134 e. The second kappa shape index (κ2) is 4.76. The summed E-state index contributed by atoms with van der Waals surface area (Å²) in [7, 11) is 1.61. The molecule has 0 heterocycles. The van der Waals surface area contributed by atoms with E-state index in [2.05, 4.69) is 0 Å². The third-order valence-corrected chi connectivity index (χ3v) is 2.88. The van der Waals surface area contributed by atoms with Crippen LogP contribution in [0, 0.1) is 0 Å². The summed E-state index contributed by atoms with van der Waals surface area (Å²) in [5.74, 6) is 0.861. The van der Waals surface area contributed by atoms with E-state index in [0.29, 0.717) is 11.4 Å². The molecule has 2 aromatic rings. The first kappa shape index (κ1) is 11.9. The van der Waals surface area contributed by atoms with Gasteiger partial charge in [-0.25, -0.2) is 0 Å². The van der Waals surface area contributed by atoms with Crippen LogP contribution in [0.3, 0.4) is 0 Å². The minimum Gasteiger partial charge on any atom is -0.496 e. The maximum absolute atomic E-state index is 11.2. The van der Waals surface area contributed by atoms with E-state index in [1.165, 1.54) is 0 Å². The summed E-state index contributed by atoms with van der Waals surface area (Å²) < 4.78 is 5.30. The normalized spacial score (nSPS) is 10.5. The van der Waals surface area contributed by atoms with Gasteiger partial charge in [0, 0.05) is 17.0 Å². The van der Waals surface area contributed by atoms with Gasteiger partial charge < -0.3 is 4.74 Å². The number of ether oxygens (including phenoxy) is 1. The average molecular weight is 249 g/mol. The number of fused-ring (bicyclic) bond motifs is 1. The van der Waals surface area contributed by atoms with Crippen molar-refractivity contribution in [2.24, 2.45) is 0 Å². The number of rotatable bonds is 3. The summed E-state index contributed by atoms with van der Waals surface area (Å²) in [6.45, 7) is 1.57. The highest BCUT2D eigenvalue weighted by molar-refractivity contribution is 6.31. The molecule has 3 heteroatoms. The Morgan fingerprint density at radius 2 is 2.00 bits per heavy atom. The highest BCUT2D eigenvalue weighted by atomic mass is 35.5. The Balaban J connectivity index is 2.60. The van der Waals surface area contributed by atoms with Crippen molar-refractivity contribution in [3.05, 3.63) is 40.9 Å². The predicted octanol–water partition coefficient (Wildman–Crippen LogP) is 3.63. The van der Waals surface area contributed by atoms with E-state index in [0.717, 1.165) is 22.1 Å². The van der Waals surface area contributed by atoms with Crippen LogP contribution in [0.1, 0.15) is 12.5 Å². The minimum atomic E-state index is 0.115. The molecule has 0 N–H and O–H groups in total. The van der Waals surface area contributed by atoms with Gasteiger partial charge in [-0.2, -0.15) is 0 Å². The molecule has 0 atom stereocenters. The van der Waals surface area contributed by atoms with Gasteiger partial charge in [0.1, 0.15) is 11.5 Å². The lowest BCUT2D eigenvalue weighted by Crippen LogP contribution is -1.99. The molecule has 0 unspecified atom stereocenters. The number of hydrogen-bond donors (Lipinski definition) is 0. The average Bonchev–Trinajstić information content (AvgIpc) is 2.27. The molecule has 0 saturated carbocycles. The maximum atomic E-state index is 11.2. The van der Waals surface area contributed by atoms with Crippen LogP contribution in [0.4, 0.5) is 0 Å². The first-order valence-electron chi connectivity index (χ1n) is 5.36. The van der Waals surface area contributed by atoms with Gasteiger partial charge in [-0.05, 0) is 42.0 Å². The SMILES string of the molecule is COc1cc2ccc(Cl)cc2cc1CC(C)=O. The molecule has 2 aromatic carbocycles.